The molecule has 3 aromatic heterocycles. The van der Waals surface area contributed by atoms with E-state index in [1.165, 1.54) is 17.8 Å². The fourth-order valence-corrected chi connectivity index (χ4v) is 7.81. The van der Waals surface area contributed by atoms with Crippen LogP contribution < -0.4 is 15.0 Å². The van der Waals surface area contributed by atoms with Crippen LogP contribution in [0.5, 0.6) is 5.75 Å². The fourth-order valence-electron chi connectivity index (χ4n) is 6.72. The van der Waals surface area contributed by atoms with Gasteiger partial charge >= 0.3 is 6.09 Å². The third-order valence-electron chi connectivity index (χ3n) is 9.51. The number of nitrogens with one attached hydrogen (secondary N) is 1. The van der Waals surface area contributed by atoms with E-state index in [1.807, 2.05) is 36.4 Å². The topological polar surface area (TPSA) is 107 Å². The Morgan fingerprint density at radius 2 is 1.73 bits per heavy atom. The number of methoxy groups -OCH3 is 1. The summed E-state index contributed by atoms with van der Waals surface area (Å²) in [5, 5.41) is 3.73. The van der Waals surface area contributed by atoms with Gasteiger partial charge in [0.2, 0.25) is 5.91 Å². The predicted octanol–water partition coefficient (Wildman–Crippen LogP) is 7.02. The number of amides is 2. The van der Waals surface area contributed by atoms with Crippen LogP contribution in [-0.4, -0.2) is 53.8 Å². The van der Waals surface area contributed by atoms with Crippen molar-refractivity contribution in [3.05, 3.63) is 53.1 Å². The Kier molecular flexibility index (Phi) is 9.44. The number of ether oxygens (including phenoxy) is 2. The van der Waals surface area contributed by atoms with E-state index in [0.29, 0.717) is 55.8 Å². The lowest BCUT2D eigenvalue weighted by molar-refractivity contribution is -0.124. The third kappa shape index (κ3) is 7.06. The van der Waals surface area contributed by atoms with E-state index in [-0.39, 0.29) is 17.9 Å². The molecule has 3 aliphatic rings. The summed E-state index contributed by atoms with van der Waals surface area (Å²) in [4.78, 5) is 43.3. The third-order valence-corrected chi connectivity index (χ3v) is 10.7. The minimum absolute atomic E-state index is 0.113. The Bertz CT molecular complexity index is 1460. The second kappa shape index (κ2) is 13.6. The molecular weight excluding hydrogens is 574 g/mol. The molecule has 234 valence electrons. The molecule has 0 aliphatic heterocycles. The quantitative estimate of drug-likeness (QED) is 0.275. The van der Waals surface area contributed by atoms with Crippen LogP contribution in [-0.2, 0) is 9.53 Å². The second-order valence-electron chi connectivity index (χ2n) is 12.6. The molecule has 1 N–H and O–H groups in total. The maximum atomic E-state index is 14.2. The standard InChI is InChI=1S/C34H43N5O4S/c1-21-29(42-3)15-14-28(38-21)23-6-4-22(5-7-23)20-39(33(40)25-10-12-27(13-11-25)43-34(41)35-2)31-18-26(16-17-36-31)30-19-37-32(44-30)24-8-9-24/h14-19,22-25,27H,4-13,20H2,1-3H3,(H,35,41). The summed E-state index contributed by atoms with van der Waals surface area (Å²) in [6, 6.07) is 8.21. The molecule has 0 atom stereocenters. The first-order chi connectivity index (χ1) is 21.4. The normalized spacial score (nSPS) is 23.5. The van der Waals surface area contributed by atoms with Crippen molar-refractivity contribution < 1.29 is 19.1 Å². The summed E-state index contributed by atoms with van der Waals surface area (Å²) in [5.41, 5.74) is 3.12. The number of rotatable bonds is 9. The number of thiazole rings is 1. The number of carbonyl (C=O) groups is 2. The number of hydrogen-bond donors (Lipinski definition) is 1. The van der Waals surface area contributed by atoms with Gasteiger partial charge in [-0.25, -0.2) is 14.8 Å². The maximum Gasteiger partial charge on any atom is 0.407 e. The van der Waals surface area contributed by atoms with Crippen molar-refractivity contribution in [3.63, 3.8) is 0 Å². The zero-order valence-corrected chi connectivity index (χ0v) is 26.8. The van der Waals surface area contributed by atoms with Crippen LogP contribution in [0.2, 0.25) is 0 Å². The summed E-state index contributed by atoms with van der Waals surface area (Å²) < 4.78 is 10.9. The second-order valence-corrected chi connectivity index (χ2v) is 13.6. The molecule has 3 heterocycles. The largest absolute Gasteiger partial charge is 0.495 e. The van der Waals surface area contributed by atoms with Gasteiger partial charge in [0.05, 0.1) is 22.7 Å². The first-order valence-corrected chi connectivity index (χ1v) is 16.9. The van der Waals surface area contributed by atoms with E-state index in [0.717, 1.165) is 53.3 Å². The van der Waals surface area contributed by atoms with Gasteiger partial charge in [-0.15, -0.1) is 11.3 Å². The number of pyridine rings is 2. The molecule has 0 bridgehead atoms. The summed E-state index contributed by atoms with van der Waals surface area (Å²) in [5.74, 6) is 2.97. The monoisotopic (exact) mass is 617 g/mol. The van der Waals surface area contributed by atoms with Crippen LogP contribution in [0.1, 0.15) is 92.4 Å². The smallest absolute Gasteiger partial charge is 0.407 e. The predicted molar refractivity (Wildman–Crippen MR) is 171 cm³/mol. The summed E-state index contributed by atoms with van der Waals surface area (Å²) in [7, 11) is 3.25. The Morgan fingerprint density at radius 3 is 2.41 bits per heavy atom. The van der Waals surface area contributed by atoms with Crippen molar-refractivity contribution in [1.29, 1.82) is 0 Å². The minimum Gasteiger partial charge on any atom is -0.495 e. The van der Waals surface area contributed by atoms with Gasteiger partial charge in [0, 0.05) is 49.4 Å². The number of alkyl carbamates (subject to hydrolysis) is 1. The van der Waals surface area contributed by atoms with Gasteiger partial charge in [0.15, 0.2) is 0 Å². The zero-order chi connectivity index (χ0) is 30.6. The molecule has 3 aromatic rings. The van der Waals surface area contributed by atoms with Crippen LogP contribution in [0.4, 0.5) is 10.6 Å². The van der Waals surface area contributed by atoms with Gasteiger partial charge in [-0.05, 0) is 107 Å². The van der Waals surface area contributed by atoms with Crippen molar-refractivity contribution in [2.24, 2.45) is 11.8 Å². The van der Waals surface area contributed by atoms with Gasteiger partial charge in [-0.2, -0.15) is 0 Å². The molecule has 3 fully saturated rings. The molecule has 44 heavy (non-hydrogen) atoms. The van der Waals surface area contributed by atoms with E-state index >= 15 is 0 Å². The molecule has 0 saturated heterocycles. The lowest BCUT2D eigenvalue weighted by Crippen LogP contribution is -2.42. The average molecular weight is 618 g/mol. The molecule has 0 spiro atoms. The van der Waals surface area contributed by atoms with Gasteiger partial charge in [-0.1, -0.05) is 0 Å². The number of anilines is 1. The van der Waals surface area contributed by atoms with Gasteiger partial charge in [-0.3, -0.25) is 14.7 Å². The molecule has 0 unspecified atom stereocenters. The molecule has 9 nitrogen and oxygen atoms in total. The average Bonchev–Trinajstić information content (AvgIpc) is 3.79. The number of aromatic nitrogens is 3. The lowest BCUT2D eigenvalue weighted by Gasteiger charge is -2.35. The highest BCUT2D eigenvalue weighted by Crippen LogP contribution is 2.44. The SMILES string of the molecule is CNC(=O)OC1CCC(C(=O)N(CC2CCC(c3ccc(OC)c(C)n3)CC2)c2cc(-c3cnc(C4CC4)s3)ccn2)CC1. The highest BCUT2D eigenvalue weighted by molar-refractivity contribution is 7.15. The highest BCUT2D eigenvalue weighted by atomic mass is 32.1. The number of hydrogen-bond acceptors (Lipinski definition) is 8. The number of aryl methyl sites for hydroxylation is 1. The molecule has 3 saturated carbocycles. The Labute approximate surface area is 263 Å². The molecule has 6 rings (SSSR count). The summed E-state index contributed by atoms with van der Waals surface area (Å²) >= 11 is 1.75. The zero-order valence-electron chi connectivity index (χ0n) is 26.0. The van der Waals surface area contributed by atoms with Gasteiger partial charge in [0.25, 0.3) is 0 Å². The minimum atomic E-state index is -0.411. The van der Waals surface area contributed by atoms with E-state index in [4.69, 9.17) is 19.4 Å². The van der Waals surface area contributed by atoms with Gasteiger partial charge in [0.1, 0.15) is 17.7 Å². The lowest BCUT2D eigenvalue weighted by atomic mass is 9.79. The van der Waals surface area contributed by atoms with Crippen LogP contribution in [0.3, 0.4) is 0 Å². The van der Waals surface area contributed by atoms with E-state index in [9.17, 15) is 9.59 Å². The van der Waals surface area contributed by atoms with Crippen LogP contribution >= 0.6 is 11.3 Å². The van der Waals surface area contributed by atoms with Crippen LogP contribution in [0.15, 0.2) is 36.7 Å². The Balaban J connectivity index is 1.17. The van der Waals surface area contributed by atoms with Crippen molar-refractivity contribution in [1.82, 2.24) is 20.3 Å². The summed E-state index contributed by atoms with van der Waals surface area (Å²) in [6.07, 6.45) is 12.6. The van der Waals surface area contributed by atoms with E-state index in [1.54, 1.807) is 25.5 Å². The highest BCUT2D eigenvalue weighted by Gasteiger charge is 2.34. The molecule has 0 radical (unpaired) electrons. The maximum absolute atomic E-state index is 14.2. The molecule has 0 aromatic carbocycles. The summed E-state index contributed by atoms with van der Waals surface area (Å²) in [6.45, 7) is 2.65. The first kappa shape index (κ1) is 30.5. The molecule has 2 amide bonds. The van der Waals surface area contributed by atoms with Crippen LogP contribution in [0, 0.1) is 18.8 Å². The van der Waals surface area contributed by atoms with Crippen molar-refractivity contribution >= 4 is 29.2 Å². The Morgan fingerprint density at radius 1 is 0.977 bits per heavy atom. The van der Waals surface area contributed by atoms with Crippen molar-refractivity contribution in [3.8, 4) is 16.2 Å². The molecular formula is C34H43N5O4S. The Hall–Kier alpha value is -3.53. The number of nitrogens with zero attached hydrogens (tertiary/aromatic N) is 4. The first-order valence-electron chi connectivity index (χ1n) is 16.0. The van der Waals surface area contributed by atoms with E-state index < -0.39 is 6.09 Å². The van der Waals surface area contributed by atoms with Crippen LogP contribution in [0.25, 0.3) is 10.4 Å². The number of carbonyl (C=O) groups excluding carboxylic acids is 2. The van der Waals surface area contributed by atoms with Gasteiger partial charge < -0.3 is 14.8 Å². The fraction of sp³-hybridized carbons (Fsp3) is 0.559. The van der Waals surface area contributed by atoms with E-state index in [2.05, 4.69) is 22.4 Å². The van der Waals surface area contributed by atoms with Crippen molar-refractivity contribution in [2.45, 2.75) is 89.1 Å². The molecule has 3 aliphatic carbocycles. The van der Waals surface area contributed by atoms with Crippen molar-refractivity contribution in [2.75, 3.05) is 25.6 Å². The molecule has 10 heteroatoms.